The van der Waals surface area contributed by atoms with Crippen LogP contribution in [-0.4, -0.2) is 68.2 Å². The van der Waals surface area contributed by atoms with E-state index in [1.54, 1.807) is 0 Å². The minimum absolute atomic E-state index is 0.0133. The molecule has 7 heteroatoms. The molecule has 63 heavy (non-hydrogen) atoms. The van der Waals surface area contributed by atoms with Gasteiger partial charge >= 0.3 is 11.9 Å². The van der Waals surface area contributed by atoms with E-state index in [4.69, 9.17) is 14.2 Å². The van der Waals surface area contributed by atoms with Crippen molar-refractivity contribution in [2.75, 3.05) is 39.5 Å². The first-order chi connectivity index (χ1) is 30.9. The largest absolute Gasteiger partial charge is 0.466 e. The molecule has 1 fully saturated rings. The van der Waals surface area contributed by atoms with Crippen LogP contribution in [-0.2, 0) is 28.6 Å². The molecular weight excluding hydrogens is 783 g/mol. The van der Waals surface area contributed by atoms with Gasteiger partial charge in [-0.25, -0.2) is 0 Å². The Morgan fingerprint density at radius 2 is 0.825 bits per heavy atom. The molecule has 0 aliphatic carbocycles. The van der Waals surface area contributed by atoms with E-state index in [-0.39, 0.29) is 18.0 Å². The lowest BCUT2D eigenvalue weighted by atomic mass is 9.90. The van der Waals surface area contributed by atoms with Gasteiger partial charge in [0, 0.05) is 38.8 Å². The van der Waals surface area contributed by atoms with E-state index in [0.29, 0.717) is 31.1 Å². The highest BCUT2D eigenvalue weighted by atomic mass is 16.5. The van der Waals surface area contributed by atoms with Crippen molar-refractivity contribution in [3.63, 3.8) is 0 Å². The second-order valence-corrected chi connectivity index (χ2v) is 19.9. The Labute approximate surface area is 391 Å². The van der Waals surface area contributed by atoms with Crippen LogP contribution in [0.25, 0.3) is 0 Å². The van der Waals surface area contributed by atoms with Gasteiger partial charge in [-0.15, -0.1) is 0 Å². The first-order valence-corrected chi connectivity index (χ1v) is 28.1. The molecule has 372 valence electrons. The van der Waals surface area contributed by atoms with Crippen LogP contribution in [0.15, 0.2) is 0 Å². The highest BCUT2D eigenvalue weighted by molar-refractivity contribution is 5.78. The molecule has 1 aliphatic heterocycles. The number of ketones is 1. The van der Waals surface area contributed by atoms with Crippen LogP contribution in [0.1, 0.15) is 285 Å². The molecule has 1 unspecified atom stereocenters. The molecule has 1 heterocycles. The van der Waals surface area contributed by atoms with Crippen molar-refractivity contribution in [2.24, 2.45) is 11.8 Å². The van der Waals surface area contributed by atoms with E-state index in [2.05, 4.69) is 32.6 Å². The maximum Gasteiger partial charge on any atom is 0.306 e. The average molecular weight is 890 g/mol. The molecule has 1 rings (SSSR count). The molecule has 0 spiro atoms. The topological polar surface area (TPSA) is 82.1 Å². The van der Waals surface area contributed by atoms with Gasteiger partial charge < -0.3 is 14.2 Å². The summed E-state index contributed by atoms with van der Waals surface area (Å²) in [6, 6.07) is 0. The van der Waals surface area contributed by atoms with E-state index < -0.39 is 0 Å². The number of carbonyl (C=O) groups is 3. The van der Waals surface area contributed by atoms with Crippen LogP contribution in [0.3, 0.4) is 0 Å². The standard InChI is InChI=1S/C56H107NO6/c1-5-9-23-33-51(34-24-10-6-2)37-31-39-53(58)38-27-19-15-13-16-20-28-40-54(63-56(60)43-32-45-57-46-49-61-50-47-57)41-29-21-17-14-18-22-30-42-55(59)62-48-44-52(35-25-11-7-3)36-26-12-8-4/h51-52,54H,5-50H2,1-4H3. The van der Waals surface area contributed by atoms with Gasteiger partial charge in [-0.05, 0) is 76.2 Å². The number of nitrogens with zero attached hydrogens (tertiary/aromatic N) is 1. The highest BCUT2D eigenvalue weighted by Crippen LogP contribution is 2.25. The number of Topliss-reactive ketones (excluding diaryl/α,β-unsaturated/α-hetero) is 1. The van der Waals surface area contributed by atoms with Crippen molar-refractivity contribution in [3.8, 4) is 0 Å². The molecule has 0 radical (unpaired) electrons. The summed E-state index contributed by atoms with van der Waals surface area (Å²) < 4.78 is 17.2. The van der Waals surface area contributed by atoms with E-state index in [9.17, 15) is 14.4 Å². The molecule has 0 bridgehead atoms. The maximum absolute atomic E-state index is 12.9. The molecule has 0 aromatic heterocycles. The van der Waals surface area contributed by atoms with Gasteiger partial charge in [-0.1, -0.05) is 201 Å². The zero-order valence-corrected chi connectivity index (χ0v) is 42.7. The molecule has 0 aromatic carbocycles. The van der Waals surface area contributed by atoms with Crippen LogP contribution in [0, 0.1) is 11.8 Å². The van der Waals surface area contributed by atoms with Crippen LogP contribution in [0.4, 0.5) is 0 Å². The van der Waals surface area contributed by atoms with Crippen molar-refractivity contribution in [3.05, 3.63) is 0 Å². The highest BCUT2D eigenvalue weighted by Gasteiger charge is 2.17. The number of hydrogen-bond acceptors (Lipinski definition) is 7. The molecule has 7 nitrogen and oxygen atoms in total. The lowest BCUT2D eigenvalue weighted by molar-refractivity contribution is -0.150. The predicted molar refractivity (Wildman–Crippen MR) is 267 cm³/mol. The number of rotatable bonds is 48. The Hall–Kier alpha value is -1.47. The van der Waals surface area contributed by atoms with Crippen molar-refractivity contribution in [1.29, 1.82) is 0 Å². The Kier molecular flexibility index (Phi) is 43.2. The summed E-state index contributed by atoms with van der Waals surface area (Å²) in [6.07, 6.45) is 45.9. The van der Waals surface area contributed by atoms with Crippen LogP contribution >= 0.6 is 0 Å². The lowest BCUT2D eigenvalue weighted by Gasteiger charge is -2.26. The average Bonchev–Trinajstić information content (AvgIpc) is 3.28. The van der Waals surface area contributed by atoms with Crippen LogP contribution in [0.2, 0.25) is 0 Å². The van der Waals surface area contributed by atoms with Gasteiger partial charge in [0.15, 0.2) is 0 Å². The summed E-state index contributed by atoms with van der Waals surface area (Å²) >= 11 is 0. The summed E-state index contributed by atoms with van der Waals surface area (Å²) in [5.74, 6) is 1.97. The molecule has 1 saturated heterocycles. The molecule has 0 aromatic rings. The normalized spacial score (nSPS) is 13.9. The third kappa shape index (κ3) is 39.4. The molecule has 1 aliphatic rings. The molecule has 1 atom stereocenters. The van der Waals surface area contributed by atoms with E-state index in [0.717, 1.165) is 116 Å². The smallest absolute Gasteiger partial charge is 0.306 e. The fourth-order valence-electron chi connectivity index (χ4n) is 9.60. The summed E-state index contributed by atoms with van der Waals surface area (Å²) in [5, 5.41) is 0. The van der Waals surface area contributed by atoms with Gasteiger partial charge in [-0.2, -0.15) is 0 Å². The summed E-state index contributed by atoms with van der Waals surface area (Å²) in [6.45, 7) is 14.1. The Morgan fingerprint density at radius 1 is 0.429 bits per heavy atom. The zero-order valence-electron chi connectivity index (χ0n) is 42.7. The van der Waals surface area contributed by atoms with E-state index in [1.165, 1.54) is 167 Å². The van der Waals surface area contributed by atoms with E-state index >= 15 is 0 Å². The number of esters is 2. The number of ether oxygens (including phenoxy) is 3. The number of carbonyl (C=O) groups excluding carboxylic acids is 3. The fourth-order valence-corrected chi connectivity index (χ4v) is 9.60. The number of morpholine rings is 1. The zero-order chi connectivity index (χ0) is 45.7. The summed E-state index contributed by atoms with van der Waals surface area (Å²) in [5.41, 5.74) is 0. The minimum Gasteiger partial charge on any atom is -0.466 e. The second kappa shape index (κ2) is 45.7. The van der Waals surface area contributed by atoms with Crippen molar-refractivity contribution < 1.29 is 28.6 Å². The fraction of sp³-hybridized carbons (Fsp3) is 0.946. The Morgan fingerprint density at radius 3 is 1.33 bits per heavy atom. The monoisotopic (exact) mass is 890 g/mol. The van der Waals surface area contributed by atoms with Crippen LogP contribution in [0.5, 0.6) is 0 Å². The SMILES string of the molecule is CCCCCC(CCCCC)CCCC(=O)CCCCCCCCCC(CCCCCCCCCC(=O)OCCC(CCCCC)CCCCC)OC(=O)CCCN1CCOCC1. The molecule has 0 saturated carbocycles. The summed E-state index contributed by atoms with van der Waals surface area (Å²) in [7, 11) is 0. The van der Waals surface area contributed by atoms with Gasteiger partial charge in [0.25, 0.3) is 0 Å². The van der Waals surface area contributed by atoms with E-state index in [1.807, 2.05) is 0 Å². The van der Waals surface area contributed by atoms with Gasteiger partial charge in [0.05, 0.1) is 19.8 Å². The number of unbranched alkanes of at least 4 members (excludes halogenated alkanes) is 20. The number of hydrogen-bond donors (Lipinski definition) is 0. The van der Waals surface area contributed by atoms with Crippen molar-refractivity contribution >= 4 is 17.7 Å². The second-order valence-electron chi connectivity index (χ2n) is 19.9. The first-order valence-electron chi connectivity index (χ1n) is 28.1. The van der Waals surface area contributed by atoms with Crippen LogP contribution < -0.4 is 0 Å². The third-order valence-electron chi connectivity index (χ3n) is 13.9. The minimum atomic E-state index is -0.0288. The molecule has 0 N–H and O–H groups in total. The maximum atomic E-state index is 12.9. The summed E-state index contributed by atoms with van der Waals surface area (Å²) in [4.78, 5) is 40.3. The van der Waals surface area contributed by atoms with Gasteiger partial charge in [0.1, 0.15) is 11.9 Å². The Balaban J connectivity index is 2.26. The third-order valence-corrected chi connectivity index (χ3v) is 13.9. The first kappa shape index (κ1) is 59.5. The molecule has 0 amide bonds. The van der Waals surface area contributed by atoms with Crippen molar-refractivity contribution in [2.45, 2.75) is 291 Å². The Bertz CT molecular complexity index is 934. The molecular formula is C56H107NO6. The van der Waals surface area contributed by atoms with Crippen molar-refractivity contribution in [1.82, 2.24) is 4.90 Å². The predicted octanol–water partition coefficient (Wildman–Crippen LogP) is 16.3. The van der Waals surface area contributed by atoms with Gasteiger partial charge in [-0.3, -0.25) is 19.3 Å². The quantitative estimate of drug-likeness (QED) is 0.0444. The lowest BCUT2D eigenvalue weighted by Crippen LogP contribution is -2.37. The van der Waals surface area contributed by atoms with Gasteiger partial charge in [0.2, 0.25) is 0 Å².